The van der Waals surface area contributed by atoms with Crippen LogP contribution in [0.2, 0.25) is 0 Å². The van der Waals surface area contributed by atoms with Gasteiger partial charge in [-0.05, 0) is 64.5 Å². The zero-order chi connectivity index (χ0) is 31.6. The second kappa shape index (κ2) is 13.4. The number of nitrogens with zero attached hydrogens (tertiary/aromatic N) is 7. The molecule has 11 nitrogen and oxygen atoms in total. The molecule has 4 heterocycles. The molecule has 3 fully saturated rings. The van der Waals surface area contributed by atoms with Gasteiger partial charge in [-0.25, -0.2) is 18.6 Å². The number of amides is 1. The Morgan fingerprint density at radius 1 is 0.978 bits per heavy atom. The SMILES string of the molecule is CC(C)(C)OC(=O)N1CCN([C@H]2CC[C@@H](CNc3nc(N4CCOCC4)cc(-n4c(C(F)F)nc5ccccc54)n3)CC2)CC1. The van der Waals surface area contributed by atoms with E-state index in [2.05, 4.69) is 20.1 Å². The van der Waals surface area contributed by atoms with Gasteiger partial charge in [-0.1, -0.05) is 12.1 Å². The van der Waals surface area contributed by atoms with Gasteiger partial charge in [0.1, 0.15) is 17.2 Å². The number of fused-ring (bicyclic) bond motifs is 1. The molecule has 1 amide bonds. The van der Waals surface area contributed by atoms with Crippen molar-refractivity contribution in [2.75, 3.05) is 69.2 Å². The number of benzene rings is 1. The van der Waals surface area contributed by atoms with Crippen LogP contribution in [0.1, 0.15) is 58.7 Å². The Labute approximate surface area is 262 Å². The van der Waals surface area contributed by atoms with Crippen molar-refractivity contribution >= 4 is 28.9 Å². The first-order chi connectivity index (χ1) is 21.6. The molecule has 2 aromatic heterocycles. The predicted molar refractivity (Wildman–Crippen MR) is 168 cm³/mol. The summed E-state index contributed by atoms with van der Waals surface area (Å²) in [4.78, 5) is 32.7. The summed E-state index contributed by atoms with van der Waals surface area (Å²) in [6, 6.07) is 9.41. The standard InChI is InChI=1S/C32H44F2N8O3/c1-32(2,3)45-31(43)41-14-12-39(13-15-41)23-10-8-22(9-11-23)21-35-30-37-26(40-16-18-44-19-17-40)20-27(38-30)42-25-7-5-4-6-24(25)36-29(42)28(33)34/h4-7,20,22-23,28H,8-19,21H2,1-3H3,(H,35,37,38)/t22-,23+. The number of hydrogen-bond donors (Lipinski definition) is 1. The predicted octanol–water partition coefficient (Wildman–Crippen LogP) is 5.11. The van der Waals surface area contributed by atoms with Gasteiger partial charge in [0.25, 0.3) is 6.43 Å². The molecule has 0 atom stereocenters. The van der Waals surface area contributed by atoms with E-state index >= 15 is 0 Å². The van der Waals surface area contributed by atoms with Crippen LogP contribution in [0.5, 0.6) is 0 Å². The number of piperazine rings is 1. The number of rotatable bonds is 7. The topological polar surface area (TPSA) is 101 Å². The van der Waals surface area contributed by atoms with Gasteiger partial charge in [0.05, 0.1) is 24.2 Å². The molecule has 2 saturated heterocycles. The third-order valence-corrected chi connectivity index (χ3v) is 8.89. The van der Waals surface area contributed by atoms with E-state index in [-0.39, 0.29) is 11.9 Å². The van der Waals surface area contributed by atoms with Crippen molar-refractivity contribution in [3.8, 4) is 5.82 Å². The monoisotopic (exact) mass is 626 g/mol. The van der Waals surface area contributed by atoms with E-state index in [1.807, 2.05) is 31.7 Å². The van der Waals surface area contributed by atoms with Crippen molar-refractivity contribution in [2.24, 2.45) is 5.92 Å². The summed E-state index contributed by atoms with van der Waals surface area (Å²) in [6.45, 7) is 12.0. The van der Waals surface area contributed by atoms with Crippen LogP contribution < -0.4 is 10.2 Å². The lowest BCUT2D eigenvalue weighted by Gasteiger charge is -2.42. The summed E-state index contributed by atoms with van der Waals surface area (Å²) in [5.74, 6) is 1.59. The highest BCUT2D eigenvalue weighted by Gasteiger charge is 2.31. The van der Waals surface area contributed by atoms with Crippen molar-refractivity contribution in [2.45, 2.75) is 64.5 Å². The molecule has 0 radical (unpaired) electrons. The number of hydrogen-bond acceptors (Lipinski definition) is 9. The zero-order valence-corrected chi connectivity index (χ0v) is 26.4. The van der Waals surface area contributed by atoms with Gasteiger partial charge in [-0.2, -0.15) is 9.97 Å². The van der Waals surface area contributed by atoms with Crippen molar-refractivity contribution in [1.82, 2.24) is 29.3 Å². The highest BCUT2D eigenvalue weighted by molar-refractivity contribution is 5.78. The van der Waals surface area contributed by atoms with Gasteiger partial charge < -0.3 is 24.6 Å². The minimum atomic E-state index is -2.76. The molecule has 244 valence electrons. The van der Waals surface area contributed by atoms with Crippen molar-refractivity contribution in [3.05, 3.63) is 36.2 Å². The Bertz CT molecular complexity index is 1460. The van der Waals surface area contributed by atoms with E-state index < -0.39 is 12.0 Å². The summed E-state index contributed by atoms with van der Waals surface area (Å²) >= 11 is 0. The molecule has 1 aliphatic carbocycles. The average molecular weight is 627 g/mol. The molecule has 2 aliphatic heterocycles. The highest BCUT2D eigenvalue weighted by atomic mass is 19.3. The van der Waals surface area contributed by atoms with Crippen LogP contribution >= 0.6 is 0 Å². The number of alkyl halides is 2. The van der Waals surface area contributed by atoms with Gasteiger partial charge in [0, 0.05) is 57.9 Å². The van der Waals surface area contributed by atoms with Crippen LogP contribution in [0.4, 0.5) is 25.3 Å². The molecule has 45 heavy (non-hydrogen) atoms. The maximum Gasteiger partial charge on any atom is 0.410 e. The number of nitrogens with one attached hydrogen (secondary N) is 1. The van der Waals surface area contributed by atoms with Crippen molar-refractivity contribution < 1.29 is 23.0 Å². The van der Waals surface area contributed by atoms with Gasteiger partial charge in [0.15, 0.2) is 5.82 Å². The van der Waals surface area contributed by atoms with Crippen molar-refractivity contribution in [1.29, 1.82) is 0 Å². The molecule has 13 heteroatoms. The highest BCUT2D eigenvalue weighted by Crippen LogP contribution is 2.31. The summed E-state index contributed by atoms with van der Waals surface area (Å²) in [6.07, 6.45) is 1.34. The van der Waals surface area contributed by atoms with E-state index in [9.17, 15) is 13.6 Å². The fourth-order valence-electron chi connectivity index (χ4n) is 6.55. The van der Waals surface area contributed by atoms with Crippen LogP contribution in [0.15, 0.2) is 30.3 Å². The lowest BCUT2D eigenvalue weighted by molar-refractivity contribution is 0.00731. The zero-order valence-electron chi connectivity index (χ0n) is 26.4. The van der Waals surface area contributed by atoms with Crippen LogP contribution in [0, 0.1) is 5.92 Å². The van der Waals surface area contributed by atoms with Crippen LogP contribution in [-0.4, -0.2) is 106 Å². The Balaban J connectivity index is 1.11. The van der Waals surface area contributed by atoms with Gasteiger partial charge in [-0.3, -0.25) is 9.47 Å². The number of ether oxygens (including phenoxy) is 2. The second-order valence-electron chi connectivity index (χ2n) is 13.2. The molecule has 0 spiro atoms. The number of halogens is 2. The van der Waals surface area contributed by atoms with Crippen LogP contribution in [-0.2, 0) is 9.47 Å². The molecule has 0 bridgehead atoms. The van der Waals surface area contributed by atoms with Gasteiger partial charge in [0.2, 0.25) is 5.95 Å². The van der Waals surface area contributed by atoms with E-state index in [1.54, 1.807) is 24.3 Å². The molecular formula is C32H44F2N8O3. The molecule has 1 aromatic carbocycles. The first-order valence-electron chi connectivity index (χ1n) is 16.1. The number of carbonyl (C=O) groups excluding carboxylic acids is 1. The minimum absolute atomic E-state index is 0.230. The summed E-state index contributed by atoms with van der Waals surface area (Å²) < 4.78 is 40.9. The van der Waals surface area contributed by atoms with E-state index in [4.69, 9.17) is 19.4 Å². The van der Waals surface area contributed by atoms with Crippen molar-refractivity contribution in [3.63, 3.8) is 0 Å². The van der Waals surface area contributed by atoms with Crippen LogP contribution in [0.3, 0.4) is 0 Å². The number of morpholine rings is 1. The van der Waals surface area contributed by atoms with E-state index in [1.165, 1.54) is 4.57 Å². The van der Waals surface area contributed by atoms with Gasteiger partial charge >= 0.3 is 6.09 Å². The maximum absolute atomic E-state index is 14.2. The number of para-hydroxylation sites is 2. The lowest BCUT2D eigenvalue weighted by Crippen LogP contribution is -2.53. The van der Waals surface area contributed by atoms with E-state index in [0.29, 0.717) is 86.5 Å². The largest absolute Gasteiger partial charge is 0.444 e. The summed E-state index contributed by atoms with van der Waals surface area (Å²) in [5.41, 5.74) is 0.590. The normalized spacial score (nSPS) is 21.8. The fraction of sp³-hybridized carbons (Fsp3) is 0.625. The number of carbonyl (C=O) groups is 1. The summed E-state index contributed by atoms with van der Waals surface area (Å²) in [7, 11) is 0. The Morgan fingerprint density at radius 2 is 1.67 bits per heavy atom. The molecule has 1 saturated carbocycles. The number of aromatic nitrogens is 4. The molecule has 3 aromatic rings. The number of anilines is 2. The Hall–Kier alpha value is -3.58. The first-order valence-corrected chi connectivity index (χ1v) is 16.1. The van der Waals surface area contributed by atoms with E-state index in [0.717, 1.165) is 38.8 Å². The number of imidazole rings is 1. The first kappa shape index (κ1) is 31.4. The maximum atomic E-state index is 14.2. The van der Waals surface area contributed by atoms with Crippen LogP contribution in [0.25, 0.3) is 16.9 Å². The molecule has 3 aliphatic rings. The smallest absolute Gasteiger partial charge is 0.410 e. The molecular weight excluding hydrogens is 582 g/mol. The third-order valence-electron chi connectivity index (χ3n) is 8.89. The Kier molecular flexibility index (Phi) is 9.36. The fourth-order valence-corrected chi connectivity index (χ4v) is 6.55. The lowest BCUT2D eigenvalue weighted by atomic mass is 9.85. The molecule has 1 N–H and O–H groups in total. The summed E-state index contributed by atoms with van der Waals surface area (Å²) in [5, 5.41) is 3.45. The van der Waals surface area contributed by atoms with Gasteiger partial charge in [-0.15, -0.1) is 0 Å². The minimum Gasteiger partial charge on any atom is -0.444 e. The Morgan fingerprint density at radius 3 is 2.36 bits per heavy atom. The third kappa shape index (κ3) is 7.46. The molecule has 0 unspecified atom stereocenters. The second-order valence-corrected chi connectivity index (χ2v) is 13.2. The quantitative estimate of drug-likeness (QED) is 0.383. The molecule has 6 rings (SSSR count). The average Bonchev–Trinajstić information content (AvgIpc) is 3.44.